The molecule has 0 aromatic heterocycles. The Morgan fingerprint density at radius 1 is 1.27 bits per heavy atom. The molecule has 2 aliphatic heterocycles. The van der Waals surface area contributed by atoms with Crippen LogP contribution >= 0.6 is 0 Å². The largest absolute Gasteiger partial charge is 0.469 e. The number of methoxy groups -OCH3 is 1. The summed E-state index contributed by atoms with van der Waals surface area (Å²) in [7, 11) is 1.44. The van der Waals surface area contributed by atoms with E-state index >= 15 is 0 Å². The third-order valence-electron chi connectivity index (χ3n) is 8.25. The molecule has 2 heterocycles. The second kappa shape index (κ2) is 3.70. The van der Waals surface area contributed by atoms with Crippen LogP contribution in [0.15, 0.2) is 0 Å². The molecule has 2 spiro atoms. The van der Waals surface area contributed by atoms with Gasteiger partial charge in [-0.1, -0.05) is 6.92 Å². The van der Waals surface area contributed by atoms with Crippen LogP contribution in [0.5, 0.6) is 0 Å². The minimum absolute atomic E-state index is 0.0230. The fraction of sp³-hybridized carbons (Fsp3) is 0.941. The van der Waals surface area contributed by atoms with E-state index in [0.717, 1.165) is 25.8 Å². The van der Waals surface area contributed by atoms with Gasteiger partial charge in [0.2, 0.25) is 0 Å². The summed E-state index contributed by atoms with van der Waals surface area (Å²) in [6.07, 6.45) is 2.74. The van der Waals surface area contributed by atoms with Gasteiger partial charge in [-0.2, -0.15) is 0 Å². The van der Waals surface area contributed by atoms with Crippen molar-refractivity contribution in [3.05, 3.63) is 0 Å². The van der Waals surface area contributed by atoms with E-state index in [0.29, 0.717) is 18.9 Å². The summed E-state index contributed by atoms with van der Waals surface area (Å²) in [6.45, 7) is 3.86. The molecule has 3 aliphatic carbocycles. The van der Waals surface area contributed by atoms with E-state index in [1.165, 1.54) is 7.11 Å². The smallest absolute Gasteiger partial charge is 0.312 e. The molecule has 0 amide bonds. The molecular weight excluding hydrogens is 282 g/mol. The molecule has 2 N–H and O–H groups in total. The second-order valence-corrected chi connectivity index (χ2v) is 8.37. The van der Waals surface area contributed by atoms with E-state index in [9.17, 15) is 15.0 Å². The lowest BCUT2D eigenvalue weighted by Gasteiger charge is -2.72. The third-order valence-corrected chi connectivity index (χ3v) is 8.25. The summed E-state index contributed by atoms with van der Waals surface area (Å²) < 4.78 is 5.17. The van der Waals surface area contributed by atoms with E-state index in [2.05, 4.69) is 11.8 Å². The maximum Gasteiger partial charge on any atom is 0.312 e. The predicted octanol–water partition coefficient (Wildman–Crippen LogP) is 0.392. The van der Waals surface area contributed by atoms with Crippen molar-refractivity contribution in [3.63, 3.8) is 0 Å². The lowest BCUT2D eigenvalue weighted by molar-refractivity contribution is -0.249. The van der Waals surface area contributed by atoms with Crippen molar-refractivity contribution in [1.82, 2.24) is 4.90 Å². The number of carbonyl (C=O) groups excluding carboxylic acids is 1. The van der Waals surface area contributed by atoms with E-state index in [-0.39, 0.29) is 28.8 Å². The molecule has 0 aromatic rings. The number of hydrogen-bond donors (Lipinski definition) is 2. The Morgan fingerprint density at radius 2 is 2.05 bits per heavy atom. The molecule has 0 aromatic carbocycles. The normalized spacial score (nSPS) is 61.5. The van der Waals surface area contributed by atoms with Gasteiger partial charge in [-0.05, 0) is 38.1 Å². The van der Waals surface area contributed by atoms with Crippen LogP contribution in [0.25, 0.3) is 0 Å². The van der Waals surface area contributed by atoms with Crippen molar-refractivity contribution >= 4 is 5.97 Å². The van der Waals surface area contributed by atoms with Crippen LogP contribution in [0.1, 0.15) is 32.6 Å². The van der Waals surface area contributed by atoms with Crippen LogP contribution in [0.2, 0.25) is 0 Å². The van der Waals surface area contributed by atoms with Gasteiger partial charge in [0.1, 0.15) is 0 Å². The first-order chi connectivity index (χ1) is 10.5. The summed E-state index contributed by atoms with van der Waals surface area (Å²) in [4.78, 5) is 15.2. The Morgan fingerprint density at radius 3 is 2.73 bits per heavy atom. The van der Waals surface area contributed by atoms with Crippen molar-refractivity contribution in [2.45, 2.75) is 50.4 Å². The number of fused-ring (bicyclic) bond motifs is 1. The van der Waals surface area contributed by atoms with Gasteiger partial charge in [-0.25, -0.2) is 0 Å². The van der Waals surface area contributed by atoms with Crippen molar-refractivity contribution < 1.29 is 19.7 Å². The van der Waals surface area contributed by atoms with Gasteiger partial charge in [-0.15, -0.1) is 0 Å². The average Bonchev–Trinajstić information content (AvgIpc) is 3.15. The molecule has 22 heavy (non-hydrogen) atoms. The zero-order chi connectivity index (χ0) is 15.5. The van der Waals surface area contributed by atoms with Crippen LogP contribution in [-0.2, 0) is 9.53 Å². The number of aliphatic hydroxyl groups is 2. The van der Waals surface area contributed by atoms with Crippen LogP contribution in [0.3, 0.4) is 0 Å². The SMILES string of the molecule is COC(=O)C12C[C@@H](O)C3CCCN4C[C@@H](O)C1[C@]21C(C)C[C@@]341. The monoisotopic (exact) mass is 307 g/mol. The van der Waals surface area contributed by atoms with E-state index in [1.54, 1.807) is 0 Å². The van der Waals surface area contributed by atoms with Crippen molar-refractivity contribution in [2.75, 3.05) is 20.2 Å². The number of β-amino-alcohol motifs (C(OH)–C–C–N with tert-alkyl or cyclic N) is 1. The Labute approximate surface area is 130 Å². The second-order valence-electron chi connectivity index (χ2n) is 8.37. The lowest BCUT2D eigenvalue weighted by Crippen LogP contribution is -2.79. The topological polar surface area (TPSA) is 70.0 Å². The van der Waals surface area contributed by atoms with Gasteiger partial charge < -0.3 is 14.9 Å². The van der Waals surface area contributed by atoms with Gasteiger partial charge in [0.05, 0.1) is 24.7 Å². The Hall–Kier alpha value is -0.650. The Balaban J connectivity index is 1.74. The van der Waals surface area contributed by atoms with Crippen LogP contribution < -0.4 is 0 Å². The average molecular weight is 307 g/mol. The van der Waals surface area contributed by atoms with Crippen molar-refractivity contribution in [3.8, 4) is 0 Å². The molecule has 2 saturated heterocycles. The standard InChI is InChI=1S/C17H25NO4/c1-9-6-16-10-4-3-5-18(16)8-12(20)13-15(7-11(10)19,14(21)22-2)17(9,13)16/h9-13,19-20H,3-8H2,1-2H3/t9?,10?,11-,12-,13?,15?,16+,17-/m1/s1. The molecular formula is C17H25NO4. The van der Waals surface area contributed by atoms with E-state index in [4.69, 9.17) is 4.74 Å². The van der Waals surface area contributed by atoms with Gasteiger partial charge >= 0.3 is 5.97 Å². The van der Waals surface area contributed by atoms with E-state index < -0.39 is 17.6 Å². The molecule has 5 rings (SSSR count). The number of carbonyl (C=O) groups is 1. The molecule has 5 fully saturated rings. The first-order valence-electron chi connectivity index (χ1n) is 8.68. The summed E-state index contributed by atoms with van der Waals surface area (Å²) >= 11 is 0. The van der Waals surface area contributed by atoms with Gasteiger partial charge in [0.25, 0.3) is 0 Å². The Kier molecular flexibility index (Phi) is 2.32. The molecule has 122 valence electrons. The van der Waals surface area contributed by atoms with Gasteiger partial charge in [0, 0.05) is 29.3 Å². The van der Waals surface area contributed by atoms with Crippen LogP contribution in [-0.4, -0.2) is 59.0 Å². The molecule has 5 aliphatic rings. The molecule has 8 atom stereocenters. The highest BCUT2D eigenvalue weighted by Crippen LogP contribution is 2.92. The Bertz CT molecular complexity index is 567. The number of esters is 1. The first kappa shape index (κ1) is 13.8. The molecule has 3 saturated carbocycles. The quantitative estimate of drug-likeness (QED) is 0.686. The number of rotatable bonds is 1. The zero-order valence-electron chi connectivity index (χ0n) is 13.3. The van der Waals surface area contributed by atoms with Gasteiger partial charge in [0.15, 0.2) is 0 Å². The van der Waals surface area contributed by atoms with Crippen molar-refractivity contribution in [2.24, 2.45) is 28.6 Å². The maximum atomic E-state index is 12.7. The van der Waals surface area contributed by atoms with Gasteiger partial charge in [-0.3, -0.25) is 9.69 Å². The molecule has 0 bridgehead atoms. The molecule has 5 heteroatoms. The predicted molar refractivity (Wildman–Crippen MR) is 77.8 cm³/mol. The number of aliphatic hydroxyl groups excluding tert-OH is 2. The van der Waals surface area contributed by atoms with E-state index in [1.807, 2.05) is 0 Å². The molecule has 5 nitrogen and oxygen atoms in total. The highest BCUT2D eigenvalue weighted by Gasteiger charge is 2.98. The minimum atomic E-state index is -0.652. The zero-order valence-corrected chi connectivity index (χ0v) is 13.3. The maximum absolute atomic E-state index is 12.7. The van der Waals surface area contributed by atoms with Crippen LogP contribution in [0, 0.1) is 28.6 Å². The molecule has 4 unspecified atom stereocenters. The lowest BCUT2D eigenvalue weighted by atomic mass is 9.42. The summed E-state index contributed by atoms with van der Waals surface area (Å²) in [5.74, 6) is 0.451. The number of hydrogen-bond acceptors (Lipinski definition) is 5. The molecule has 0 radical (unpaired) electrons. The summed E-state index contributed by atoms with van der Waals surface area (Å²) in [5, 5.41) is 21.6. The number of piperidine rings is 2. The first-order valence-corrected chi connectivity index (χ1v) is 8.68. The highest BCUT2D eigenvalue weighted by atomic mass is 16.5. The third kappa shape index (κ3) is 0.985. The minimum Gasteiger partial charge on any atom is -0.469 e. The number of ether oxygens (including phenoxy) is 1. The fourth-order valence-electron chi connectivity index (χ4n) is 8.17. The summed E-state index contributed by atoms with van der Waals surface area (Å²) in [6, 6.07) is 0. The highest BCUT2D eigenvalue weighted by molar-refractivity contribution is 5.85. The fourth-order valence-corrected chi connectivity index (χ4v) is 8.17. The van der Waals surface area contributed by atoms with Crippen molar-refractivity contribution in [1.29, 1.82) is 0 Å². The summed E-state index contributed by atoms with van der Waals surface area (Å²) in [5.41, 5.74) is -0.879. The number of nitrogens with zero attached hydrogens (tertiary/aromatic N) is 1. The van der Waals surface area contributed by atoms with Crippen LogP contribution in [0.4, 0.5) is 0 Å².